The molecule has 0 N–H and O–H groups in total. The Morgan fingerprint density at radius 2 is 0.794 bits per heavy atom. The van der Waals surface area contributed by atoms with Crippen LogP contribution in [0.1, 0.15) is 22.3 Å². The van der Waals surface area contributed by atoms with Gasteiger partial charge in [0.1, 0.15) is 0 Å². The molecule has 0 bridgehead atoms. The monoisotopic (exact) mass is 715 g/mol. The summed E-state index contributed by atoms with van der Waals surface area (Å²) in [5, 5.41) is 0. The number of aryl methyl sites for hydroxylation is 3. The maximum atomic E-state index is 7.50. The summed E-state index contributed by atoms with van der Waals surface area (Å²) < 4.78 is 52.8. The van der Waals surface area contributed by atoms with Gasteiger partial charge in [-0.2, -0.15) is 0 Å². The maximum absolute atomic E-state index is 7.50. The summed E-state index contributed by atoms with van der Waals surface area (Å²) in [4.78, 5) is 0. The van der Waals surface area contributed by atoms with Crippen molar-refractivity contribution < 1.29 is 64.5 Å². The first-order chi connectivity index (χ1) is 16.2. The standard InChI is InChI=1S/C10H11.3C3H9O3P.CO.W/c1-7-5-8(2)10(4)9(3)6-7;3*1-4-7(5-2)6-3;1-2;/h5-6H,1-3H3;3*1-3H3;;. The predicted molar refractivity (Wildman–Crippen MR) is 131 cm³/mol. The van der Waals surface area contributed by atoms with Gasteiger partial charge in [0.2, 0.25) is 0 Å². The molecule has 0 saturated heterocycles. The molecule has 1 aromatic carbocycles. The third-order valence-electron chi connectivity index (χ3n) is 3.12. The van der Waals surface area contributed by atoms with Crippen LogP contribution in [-0.2, 0) is 64.5 Å². The molecule has 10 nitrogen and oxygen atoms in total. The van der Waals surface area contributed by atoms with Gasteiger partial charge in [-0.25, -0.2) is 0 Å². The van der Waals surface area contributed by atoms with Crippen molar-refractivity contribution in [3.05, 3.63) is 41.0 Å². The van der Waals surface area contributed by atoms with Crippen LogP contribution in [0.4, 0.5) is 0 Å². The molecule has 0 aliphatic rings. The van der Waals surface area contributed by atoms with E-state index in [1.807, 2.05) is 0 Å². The van der Waals surface area contributed by atoms with Crippen LogP contribution >= 0.6 is 25.8 Å². The quantitative estimate of drug-likeness (QED) is 0.176. The van der Waals surface area contributed by atoms with Crippen molar-refractivity contribution in [2.75, 3.05) is 64.0 Å². The fourth-order valence-corrected chi connectivity index (χ4v) is 4.51. The van der Waals surface area contributed by atoms with Gasteiger partial charge in [-0.05, 0) is 0 Å². The van der Waals surface area contributed by atoms with Crippen LogP contribution in [0.2, 0.25) is 0 Å². The van der Waals surface area contributed by atoms with E-state index in [0.717, 1.165) is 0 Å². The normalized spacial score (nSPS) is 9.41. The molecule has 34 heavy (non-hydrogen) atoms. The van der Waals surface area contributed by atoms with E-state index in [0.29, 0.717) is 0 Å². The Balaban J connectivity index is -0.000000176. The molecule has 0 aliphatic heterocycles. The molecular formula is C20H38O10P3W. The van der Waals surface area contributed by atoms with Gasteiger partial charge in [-0.1, -0.05) is 0 Å². The summed E-state index contributed by atoms with van der Waals surface area (Å²) in [6.45, 7) is 10.9. The zero-order chi connectivity index (χ0) is 27.5. The van der Waals surface area contributed by atoms with Crippen LogP contribution in [0, 0.1) is 31.6 Å². The molecule has 0 radical (unpaired) electrons. The van der Waals surface area contributed by atoms with Crippen LogP contribution < -0.4 is 0 Å². The Bertz CT molecular complexity index is 567. The molecule has 0 aromatic heterocycles. The molecule has 1 rings (SSSR count). The molecule has 0 atom stereocenters. The summed E-state index contributed by atoms with van der Waals surface area (Å²) in [5.41, 5.74) is 5.33. The minimum absolute atomic E-state index is 1.05. The average Bonchev–Trinajstić information content (AvgIpc) is 2.85. The zero-order valence-electron chi connectivity index (χ0n) is 22.0. The molecule has 0 aliphatic carbocycles. The first kappa shape index (κ1) is 41.5. The molecule has 0 saturated carbocycles. The van der Waals surface area contributed by atoms with Crippen molar-refractivity contribution in [3.8, 4) is 4.20 Å². The summed E-state index contributed by atoms with van der Waals surface area (Å²) in [6, 6.07) is 4.41. The molecule has 0 unspecified atom stereocenters. The van der Waals surface area contributed by atoms with E-state index in [1.165, 1.54) is 41.4 Å². The van der Waals surface area contributed by atoms with E-state index < -0.39 is 25.8 Å². The van der Waals surface area contributed by atoms with Gasteiger partial charge < -0.3 is 40.7 Å². The molecule has 14 heteroatoms. The topological polar surface area (TPSA) is 103 Å². The Morgan fingerprint density at radius 3 is 0.912 bits per heavy atom. The molecule has 1 aromatic rings. The van der Waals surface area contributed by atoms with Crippen molar-refractivity contribution in [2.24, 2.45) is 0 Å². The van der Waals surface area contributed by atoms with Crippen molar-refractivity contribution in [1.29, 1.82) is 0 Å². The van der Waals surface area contributed by atoms with Gasteiger partial charge in [0.15, 0.2) is 0 Å². The Morgan fingerprint density at radius 1 is 0.588 bits per heavy atom. The Hall–Kier alpha value is 0.358. The molecule has 0 spiro atoms. The second-order valence-corrected chi connectivity index (χ2v) is 10.6. The SMILES string of the molecule is COP(OC)OC.COP(OC)OC.COP(OC)OC.Cc1cc(C)c([C]#[W])c(C)c1.[C-]#[O+]. The van der Waals surface area contributed by atoms with E-state index >= 15 is 0 Å². The van der Waals surface area contributed by atoms with Crippen LogP contribution in [0.5, 0.6) is 0 Å². The first-order valence-corrected chi connectivity index (χ1v) is 13.9. The van der Waals surface area contributed by atoms with Gasteiger partial charge in [0.05, 0.1) is 0 Å². The van der Waals surface area contributed by atoms with Gasteiger partial charge in [-0.15, -0.1) is 0 Å². The van der Waals surface area contributed by atoms with Gasteiger partial charge >= 0.3 is 116 Å². The molecule has 0 amide bonds. The molecular weight excluding hydrogens is 677 g/mol. The summed E-state index contributed by atoms with van der Waals surface area (Å²) in [7, 11) is 10.7. The van der Waals surface area contributed by atoms with Crippen LogP contribution in [-0.4, -0.2) is 64.0 Å². The fourth-order valence-electron chi connectivity index (χ4n) is 2.01. The summed E-state index contributed by atoms with van der Waals surface area (Å²) in [6.07, 6.45) is 0. The van der Waals surface area contributed by atoms with Crippen molar-refractivity contribution >= 4 is 25.8 Å². The van der Waals surface area contributed by atoms with Crippen LogP contribution in [0.15, 0.2) is 12.1 Å². The van der Waals surface area contributed by atoms with E-state index in [1.54, 1.807) is 64.0 Å². The minimum atomic E-state index is -1.05. The van der Waals surface area contributed by atoms with E-state index in [2.05, 4.69) is 84.5 Å². The third-order valence-corrected chi connectivity index (χ3v) is 6.54. The number of hydrogen-bond acceptors (Lipinski definition) is 9. The zero-order valence-corrected chi connectivity index (χ0v) is 27.6. The van der Waals surface area contributed by atoms with Crippen molar-refractivity contribution in [1.82, 2.24) is 0 Å². The summed E-state index contributed by atoms with van der Waals surface area (Å²) in [5.74, 6) is 0. The first-order valence-electron chi connectivity index (χ1n) is 9.13. The summed E-state index contributed by atoms with van der Waals surface area (Å²) >= 11 is 1.40. The average molecular weight is 715 g/mol. The van der Waals surface area contributed by atoms with Gasteiger partial charge in [0.25, 0.3) is 0 Å². The second-order valence-electron chi connectivity index (χ2n) is 5.19. The fraction of sp³-hybridized carbons (Fsp3) is 0.600. The van der Waals surface area contributed by atoms with Crippen molar-refractivity contribution in [3.63, 3.8) is 0 Å². The van der Waals surface area contributed by atoms with E-state index in [-0.39, 0.29) is 0 Å². The van der Waals surface area contributed by atoms with Gasteiger partial charge in [0, 0.05) is 64.0 Å². The Labute approximate surface area is 220 Å². The van der Waals surface area contributed by atoms with Crippen LogP contribution in [0.25, 0.3) is 0 Å². The van der Waals surface area contributed by atoms with Crippen molar-refractivity contribution in [2.45, 2.75) is 20.8 Å². The number of benzene rings is 1. The van der Waals surface area contributed by atoms with E-state index in [9.17, 15) is 0 Å². The van der Waals surface area contributed by atoms with Gasteiger partial charge in [-0.3, -0.25) is 0 Å². The van der Waals surface area contributed by atoms with E-state index in [4.69, 9.17) is 4.65 Å². The second kappa shape index (κ2) is 31.4. The molecule has 199 valence electrons. The number of hydrogen-bond donors (Lipinski definition) is 0. The third kappa shape index (κ3) is 24.1. The predicted octanol–water partition coefficient (Wildman–Crippen LogP) is 5.89. The van der Waals surface area contributed by atoms with Crippen LogP contribution in [0.3, 0.4) is 0 Å². The molecule has 0 heterocycles. The number of rotatable bonds is 9. The Kier molecular flexibility index (Phi) is 38.3. The molecule has 0 fully saturated rings.